The molecule has 0 rings (SSSR count). The molecule has 0 unspecified atom stereocenters. The van der Waals surface area contributed by atoms with E-state index < -0.39 is 11.9 Å². The largest absolute Gasteiger partial charge is 0.478 e. The molecule has 0 amide bonds. The van der Waals surface area contributed by atoms with Gasteiger partial charge in [0.15, 0.2) is 0 Å². The van der Waals surface area contributed by atoms with Crippen LogP contribution in [0, 0.1) is 0 Å². The second-order valence-corrected chi connectivity index (χ2v) is 5.71. The third kappa shape index (κ3) is 50.4. The molecule has 0 saturated carbocycles. The Morgan fingerprint density at radius 1 is 0.906 bits per heavy atom. The number of rotatable bonds is 8. The first-order chi connectivity index (χ1) is 14.7. The van der Waals surface area contributed by atoms with Crippen molar-refractivity contribution < 1.29 is 38.9 Å². The Balaban J connectivity index is -0.0000000969. The second kappa shape index (κ2) is 29.7. The van der Waals surface area contributed by atoms with Crippen molar-refractivity contribution in [1.29, 1.82) is 0 Å². The number of carbonyl (C=O) groups is 4. The lowest BCUT2D eigenvalue weighted by atomic mass is 10.3. The quantitative estimate of drug-likeness (QED) is 0.281. The van der Waals surface area contributed by atoms with Gasteiger partial charge in [0.2, 0.25) is 0 Å². The zero-order chi connectivity index (χ0) is 26.7. The topological polar surface area (TPSA) is 153 Å². The summed E-state index contributed by atoms with van der Waals surface area (Å²) in [5, 5.41) is 15.5. The molecule has 0 saturated heterocycles. The summed E-state index contributed by atoms with van der Waals surface area (Å²) in [5.41, 5.74) is 6.16. The van der Waals surface area contributed by atoms with Gasteiger partial charge in [0.05, 0.1) is 7.11 Å². The first kappa shape index (κ1) is 39.1. The molecule has 0 aliphatic rings. The number of methoxy groups -OCH3 is 1. The molecule has 4 N–H and O–H groups in total. The molecule has 0 aromatic rings. The molecule has 0 fully saturated rings. The summed E-state index contributed by atoms with van der Waals surface area (Å²) in [7, 11) is 1.33. The van der Waals surface area contributed by atoms with Crippen LogP contribution >= 0.6 is 0 Å². The van der Waals surface area contributed by atoms with Crippen molar-refractivity contribution in [3.05, 3.63) is 61.8 Å². The highest BCUT2D eigenvalue weighted by molar-refractivity contribution is 5.87. The van der Waals surface area contributed by atoms with Crippen molar-refractivity contribution in [2.24, 2.45) is 5.73 Å². The van der Waals surface area contributed by atoms with Crippen LogP contribution in [0.2, 0.25) is 0 Å². The van der Waals surface area contributed by atoms with Gasteiger partial charge < -0.3 is 25.4 Å². The van der Waals surface area contributed by atoms with Crippen molar-refractivity contribution in [3.8, 4) is 0 Å². The lowest BCUT2D eigenvalue weighted by Crippen LogP contribution is -2.03. The van der Waals surface area contributed by atoms with Crippen LogP contribution < -0.4 is 5.73 Å². The maximum Gasteiger partial charge on any atom is 0.333 e. The Labute approximate surface area is 191 Å². The summed E-state index contributed by atoms with van der Waals surface area (Å²) in [6.07, 6.45) is 4.73. The van der Waals surface area contributed by atoms with Gasteiger partial charge in [-0.05, 0) is 33.7 Å². The standard InChI is InChI=1S/C7H10O2.C5H8O2.C4H11N.C4H6O2.C3H4O2/c1-4-5-9-7(8)6(2)3;1-4(2)5(6)7-3;1-2-3-4-5;1-3(2)4(5)6;1-2-3(4)5/h4H,1-2,5H2,3H3;1H2,2-3H3;2-5H2,1H3;1H2,2H3,(H,5,6);2H,1H2,(H,4,5). The number of hydrogen-bond donors (Lipinski definition) is 3. The van der Waals surface area contributed by atoms with Gasteiger partial charge in [-0.15, -0.1) is 0 Å². The smallest absolute Gasteiger partial charge is 0.333 e. The summed E-state index contributed by atoms with van der Waals surface area (Å²) < 4.78 is 8.87. The molecule has 0 aromatic carbocycles. The third-order valence-corrected chi connectivity index (χ3v) is 2.31. The van der Waals surface area contributed by atoms with E-state index in [0.717, 1.165) is 12.6 Å². The molecule has 0 aliphatic heterocycles. The van der Waals surface area contributed by atoms with E-state index in [1.54, 1.807) is 13.8 Å². The van der Waals surface area contributed by atoms with E-state index in [-0.39, 0.29) is 24.1 Å². The highest BCUT2D eigenvalue weighted by atomic mass is 16.5. The summed E-state index contributed by atoms with van der Waals surface area (Å²) in [4.78, 5) is 39.6. The SMILES string of the molecule is C=C(C)C(=O)O.C=C(C)C(=O)OC.C=CC(=O)O.C=CCOC(=O)C(=C)C.CCCCN. The molecular weight excluding hydrogens is 418 g/mol. The van der Waals surface area contributed by atoms with E-state index in [0.29, 0.717) is 11.1 Å². The van der Waals surface area contributed by atoms with E-state index in [9.17, 15) is 19.2 Å². The van der Waals surface area contributed by atoms with Gasteiger partial charge >= 0.3 is 23.9 Å². The number of carboxylic acid groups (broad SMARTS) is 2. The summed E-state index contributed by atoms with van der Waals surface area (Å²) in [5.74, 6) is -2.63. The molecule has 184 valence electrons. The van der Waals surface area contributed by atoms with E-state index in [4.69, 9.17) is 15.9 Å². The number of ether oxygens (including phenoxy) is 2. The van der Waals surface area contributed by atoms with Crippen LogP contribution in [0.5, 0.6) is 0 Å². The van der Waals surface area contributed by atoms with Crippen molar-refractivity contribution in [3.63, 3.8) is 0 Å². The maximum atomic E-state index is 10.5. The van der Waals surface area contributed by atoms with Gasteiger partial charge in [-0.3, -0.25) is 0 Å². The van der Waals surface area contributed by atoms with Gasteiger partial charge in [-0.25, -0.2) is 19.2 Å². The molecule has 0 spiro atoms. The fourth-order valence-electron chi connectivity index (χ4n) is 0.636. The van der Waals surface area contributed by atoms with Crippen LogP contribution in [0.4, 0.5) is 0 Å². The first-order valence-corrected chi connectivity index (χ1v) is 9.31. The van der Waals surface area contributed by atoms with E-state index in [1.165, 1.54) is 33.0 Å². The van der Waals surface area contributed by atoms with Crippen molar-refractivity contribution in [2.45, 2.75) is 40.5 Å². The van der Waals surface area contributed by atoms with Crippen molar-refractivity contribution in [1.82, 2.24) is 0 Å². The Bertz CT molecular complexity index is 607. The number of unbranched alkanes of at least 4 members (excludes halogenated alkanes) is 1. The molecule has 32 heavy (non-hydrogen) atoms. The minimum atomic E-state index is -0.981. The summed E-state index contributed by atoms with van der Waals surface area (Å²) in [6.45, 7) is 24.1. The lowest BCUT2D eigenvalue weighted by Gasteiger charge is -1.97. The van der Waals surface area contributed by atoms with Gasteiger partial charge in [0.1, 0.15) is 6.61 Å². The molecule has 9 nitrogen and oxygen atoms in total. The number of esters is 2. The highest BCUT2D eigenvalue weighted by Gasteiger charge is 1.98. The highest BCUT2D eigenvalue weighted by Crippen LogP contribution is 1.90. The Hall–Kier alpha value is -3.46. The number of carbonyl (C=O) groups excluding carboxylic acids is 2. The minimum Gasteiger partial charge on any atom is -0.478 e. The fraction of sp³-hybridized carbons (Fsp3) is 0.391. The summed E-state index contributed by atoms with van der Waals surface area (Å²) >= 11 is 0. The first-order valence-electron chi connectivity index (χ1n) is 9.31. The molecule has 0 heterocycles. The molecule has 0 aliphatic carbocycles. The number of carboxylic acids is 2. The van der Waals surface area contributed by atoms with Gasteiger partial charge in [0.25, 0.3) is 0 Å². The molecular formula is C23H39NO8. The van der Waals surface area contributed by atoms with Gasteiger partial charge in [-0.1, -0.05) is 52.3 Å². The zero-order valence-corrected chi connectivity index (χ0v) is 19.9. The monoisotopic (exact) mass is 457 g/mol. The molecule has 0 radical (unpaired) electrons. The fourth-order valence-corrected chi connectivity index (χ4v) is 0.636. The normalized spacial score (nSPS) is 7.69. The van der Waals surface area contributed by atoms with Crippen LogP contribution in [0.3, 0.4) is 0 Å². The van der Waals surface area contributed by atoms with E-state index >= 15 is 0 Å². The van der Waals surface area contributed by atoms with Crippen LogP contribution in [0.1, 0.15) is 40.5 Å². The lowest BCUT2D eigenvalue weighted by molar-refractivity contribution is -0.138. The van der Waals surface area contributed by atoms with Crippen LogP contribution in [0.15, 0.2) is 61.8 Å². The van der Waals surface area contributed by atoms with E-state index in [2.05, 4.69) is 49.3 Å². The van der Waals surface area contributed by atoms with Crippen molar-refractivity contribution >= 4 is 23.9 Å². The maximum absolute atomic E-state index is 10.5. The Kier molecular flexibility index (Phi) is 36.3. The molecule has 0 aromatic heterocycles. The second-order valence-electron chi connectivity index (χ2n) is 5.71. The third-order valence-electron chi connectivity index (χ3n) is 2.31. The van der Waals surface area contributed by atoms with Crippen molar-refractivity contribution in [2.75, 3.05) is 20.3 Å². The van der Waals surface area contributed by atoms with Gasteiger partial charge in [-0.2, -0.15) is 0 Å². The number of aliphatic carboxylic acids is 2. The molecule has 0 atom stereocenters. The van der Waals surface area contributed by atoms with Crippen LogP contribution in [0.25, 0.3) is 0 Å². The zero-order valence-electron chi connectivity index (χ0n) is 19.9. The number of nitrogens with two attached hydrogens (primary N) is 1. The minimum absolute atomic E-state index is 0.176. The predicted molar refractivity (Wildman–Crippen MR) is 127 cm³/mol. The molecule has 0 bridgehead atoms. The summed E-state index contributed by atoms with van der Waals surface area (Å²) in [6, 6.07) is 0. The average molecular weight is 458 g/mol. The van der Waals surface area contributed by atoms with Crippen LogP contribution in [-0.2, 0) is 28.7 Å². The number of hydrogen-bond acceptors (Lipinski definition) is 7. The Morgan fingerprint density at radius 3 is 1.38 bits per heavy atom. The molecule has 9 heteroatoms. The predicted octanol–water partition coefficient (Wildman–Crippen LogP) is 3.68. The van der Waals surface area contributed by atoms with E-state index in [1.807, 2.05) is 0 Å². The average Bonchev–Trinajstić information content (AvgIpc) is 2.73. The van der Waals surface area contributed by atoms with Gasteiger partial charge in [0, 0.05) is 22.8 Å². The Morgan fingerprint density at radius 2 is 1.28 bits per heavy atom. The van der Waals surface area contributed by atoms with Crippen LogP contribution in [-0.4, -0.2) is 54.4 Å².